The zero-order valence-electron chi connectivity index (χ0n) is 12.4. The smallest absolute Gasteiger partial charge is 0.0907 e. The van der Waals surface area contributed by atoms with Crippen LogP contribution in [-0.4, -0.2) is 25.3 Å². The van der Waals surface area contributed by atoms with Gasteiger partial charge in [0, 0.05) is 26.0 Å². The second-order valence-corrected chi connectivity index (χ2v) is 6.36. The summed E-state index contributed by atoms with van der Waals surface area (Å²) in [6, 6.07) is 14.5. The van der Waals surface area contributed by atoms with Gasteiger partial charge >= 0.3 is 0 Å². The van der Waals surface area contributed by atoms with Gasteiger partial charge < -0.3 is 4.90 Å². The minimum Gasteiger partial charge on any atom is -0.378 e. The summed E-state index contributed by atoms with van der Waals surface area (Å²) in [5.74, 6) is 0. The Balaban J connectivity index is 1.83. The molecule has 0 aliphatic heterocycles. The minimum absolute atomic E-state index is 0.935. The van der Waals surface area contributed by atoms with E-state index in [2.05, 4.69) is 45.2 Å². The molecule has 4 heteroatoms. The van der Waals surface area contributed by atoms with Crippen molar-refractivity contribution in [3.05, 3.63) is 53.0 Å². The molecule has 0 atom stereocenters. The highest BCUT2D eigenvalue weighted by molar-refractivity contribution is 7.18. The average Bonchev–Trinajstić information content (AvgIpc) is 2.84. The average molecular weight is 295 g/mol. The van der Waals surface area contributed by atoms with Crippen LogP contribution in [0.2, 0.25) is 0 Å². The number of thiazole rings is 1. The van der Waals surface area contributed by atoms with Gasteiger partial charge in [-0.3, -0.25) is 4.99 Å². The van der Waals surface area contributed by atoms with Crippen molar-refractivity contribution < 1.29 is 0 Å². The van der Waals surface area contributed by atoms with Crippen LogP contribution in [0.5, 0.6) is 0 Å². The van der Waals surface area contributed by atoms with Gasteiger partial charge in [-0.1, -0.05) is 12.1 Å². The van der Waals surface area contributed by atoms with Gasteiger partial charge in [0.2, 0.25) is 0 Å². The van der Waals surface area contributed by atoms with E-state index in [1.54, 1.807) is 11.3 Å². The van der Waals surface area contributed by atoms with Gasteiger partial charge in [-0.05, 0) is 42.8 Å². The highest BCUT2D eigenvalue weighted by Gasteiger charge is 2.00. The zero-order chi connectivity index (χ0) is 14.8. The van der Waals surface area contributed by atoms with E-state index < -0.39 is 0 Å². The standard InChI is InChI=1S/C17H17N3S/c1-12-19-16-10-14(6-9-17(16)21-12)18-11-13-4-7-15(8-5-13)20(2)3/h4-11H,1-3H3. The maximum Gasteiger partial charge on any atom is 0.0907 e. The van der Waals surface area contributed by atoms with E-state index in [1.807, 2.05) is 39.4 Å². The zero-order valence-corrected chi connectivity index (χ0v) is 13.2. The van der Waals surface area contributed by atoms with Crippen LogP contribution in [0.4, 0.5) is 11.4 Å². The van der Waals surface area contributed by atoms with Crippen molar-refractivity contribution in [2.75, 3.05) is 19.0 Å². The first-order chi connectivity index (χ1) is 10.1. The quantitative estimate of drug-likeness (QED) is 0.669. The summed E-state index contributed by atoms with van der Waals surface area (Å²) in [5, 5.41) is 1.09. The van der Waals surface area contributed by atoms with E-state index in [9.17, 15) is 0 Å². The Morgan fingerprint density at radius 3 is 2.57 bits per heavy atom. The third-order valence-corrected chi connectivity index (χ3v) is 4.20. The van der Waals surface area contributed by atoms with Crippen molar-refractivity contribution in [1.29, 1.82) is 0 Å². The molecule has 0 spiro atoms. The van der Waals surface area contributed by atoms with E-state index >= 15 is 0 Å². The van der Waals surface area contributed by atoms with Crippen LogP contribution >= 0.6 is 11.3 Å². The number of rotatable bonds is 3. The molecule has 0 N–H and O–H groups in total. The lowest BCUT2D eigenvalue weighted by molar-refractivity contribution is 1.13. The van der Waals surface area contributed by atoms with Crippen molar-refractivity contribution in [2.24, 2.45) is 4.99 Å². The number of hydrogen-bond acceptors (Lipinski definition) is 4. The molecule has 21 heavy (non-hydrogen) atoms. The van der Waals surface area contributed by atoms with Gasteiger partial charge in [-0.2, -0.15) is 0 Å². The number of aryl methyl sites for hydroxylation is 1. The number of aliphatic imine (C=N–C) groups is 1. The van der Waals surface area contributed by atoms with Crippen LogP contribution < -0.4 is 4.90 Å². The lowest BCUT2D eigenvalue weighted by Gasteiger charge is -2.11. The lowest BCUT2D eigenvalue weighted by atomic mass is 10.2. The molecule has 3 nitrogen and oxygen atoms in total. The van der Waals surface area contributed by atoms with Crippen LogP contribution in [0.3, 0.4) is 0 Å². The molecule has 106 valence electrons. The molecule has 0 fully saturated rings. The van der Waals surface area contributed by atoms with Crippen LogP contribution in [-0.2, 0) is 0 Å². The molecule has 3 aromatic rings. The van der Waals surface area contributed by atoms with Gasteiger partial charge in [0.15, 0.2) is 0 Å². The molecule has 1 heterocycles. The number of fused-ring (bicyclic) bond motifs is 1. The Kier molecular flexibility index (Phi) is 3.71. The topological polar surface area (TPSA) is 28.5 Å². The van der Waals surface area contributed by atoms with E-state index in [4.69, 9.17) is 0 Å². The summed E-state index contributed by atoms with van der Waals surface area (Å²) in [4.78, 5) is 11.1. The number of benzene rings is 2. The Hall–Kier alpha value is -2.20. The SMILES string of the molecule is Cc1nc2cc(N=Cc3ccc(N(C)C)cc3)ccc2s1. The second kappa shape index (κ2) is 5.66. The fourth-order valence-corrected chi connectivity index (χ4v) is 2.93. The summed E-state index contributed by atoms with van der Waals surface area (Å²) < 4.78 is 1.21. The van der Waals surface area contributed by atoms with E-state index in [0.717, 1.165) is 21.8 Å². The molecule has 1 aromatic heterocycles. The summed E-state index contributed by atoms with van der Waals surface area (Å²) in [5.41, 5.74) is 4.24. The number of nitrogens with zero attached hydrogens (tertiary/aromatic N) is 3. The van der Waals surface area contributed by atoms with Crippen molar-refractivity contribution in [2.45, 2.75) is 6.92 Å². The van der Waals surface area contributed by atoms with Crippen LogP contribution in [0.25, 0.3) is 10.2 Å². The second-order valence-electron chi connectivity index (χ2n) is 5.13. The predicted molar refractivity (Wildman–Crippen MR) is 92.4 cm³/mol. The maximum absolute atomic E-state index is 4.54. The van der Waals surface area contributed by atoms with Gasteiger partial charge in [-0.15, -0.1) is 11.3 Å². The summed E-state index contributed by atoms with van der Waals surface area (Å²) in [7, 11) is 4.07. The Morgan fingerprint density at radius 1 is 1.10 bits per heavy atom. The molecule has 2 aromatic carbocycles. The largest absolute Gasteiger partial charge is 0.378 e. The maximum atomic E-state index is 4.54. The predicted octanol–water partition coefficient (Wildman–Crippen LogP) is 4.42. The minimum atomic E-state index is 0.935. The van der Waals surface area contributed by atoms with Crippen molar-refractivity contribution in [3.63, 3.8) is 0 Å². The van der Waals surface area contributed by atoms with Gasteiger partial charge in [-0.25, -0.2) is 4.98 Å². The van der Waals surface area contributed by atoms with Gasteiger partial charge in [0.05, 0.1) is 20.9 Å². The molecule has 3 rings (SSSR count). The van der Waals surface area contributed by atoms with E-state index in [0.29, 0.717) is 0 Å². The molecule has 0 aliphatic carbocycles. The molecular formula is C17H17N3S. The lowest BCUT2D eigenvalue weighted by Crippen LogP contribution is -2.08. The molecule has 0 unspecified atom stereocenters. The molecule has 0 saturated heterocycles. The van der Waals surface area contributed by atoms with Crippen LogP contribution in [0.1, 0.15) is 10.6 Å². The fourth-order valence-electron chi connectivity index (χ4n) is 2.12. The first-order valence-electron chi connectivity index (χ1n) is 6.80. The monoisotopic (exact) mass is 295 g/mol. The Bertz CT molecular complexity index is 785. The number of aromatic nitrogens is 1. The summed E-state index contributed by atoms with van der Waals surface area (Å²) in [6.07, 6.45) is 1.89. The molecule has 0 bridgehead atoms. The first kappa shape index (κ1) is 13.8. The first-order valence-corrected chi connectivity index (χ1v) is 7.62. The molecule has 0 radical (unpaired) electrons. The summed E-state index contributed by atoms with van der Waals surface area (Å²) >= 11 is 1.71. The third-order valence-electron chi connectivity index (χ3n) is 3.25. The van der Waals surface area contributed by atoms with Gasteiger partial charge in [0.1, 0.15) is 0 Å². The molecule has 0 saturated carbocycles. The van der Waals surface area contributed by atoms with E-state index in [1.165, 1.54) is 10.4 Å². The highest BCUT2D eigenvalue weighted by Crippen LogP contribution is 2.25. The molecule has 0 aliphatic rings. The molecule has 0 amide bonds. The normalized spacial score (nSPS) is 11.4. The molecular weight excluding hydrogens is 278 g/mol. The van der Waals surface area contributed by atoms with Crippen molar-refractivity contribution in [1.82, 2.24) is 4.98 Å². The summed E-state index contributed by atoms with van der Waals surface area (Å²) in [6.45, 7) is 2.03. The Morgan fingerprint density at radius 2 is 1.86 bits per heavy atom. The fraction of sp³-hybridized carbons (Fsp3) is 0.176. The highest BCUT2D eigenvalue weighted by atomic mass is 32.1. The van der Waals surface area contributed by atoms with Crippen molar-refractivity contribution in [3.8, 4) is 0 Å². The van der Waals surface area contributed by atoms with Crippen LogP contribution in [0, 0.1) is 6.92 Å². The van der Waals surface area contributed by atoms with Crippen molar-refractivity contribution >= 4 is 39.1 Å². The van der Waals surface area contributed by atoms with Gasteiger partial charge in [0.25, 0.3) is 0 Å². The number of hydrogen-bond donors (Lipinski definition) is 0. The number of anilines is 1. The van der Waals surface area contributed by atoms with Crippen LogP contribution in [0.15, 0.2) is 47.5 Å². The van der Waals surface area contributed by atoms with E-state index in [-0.39, 0.29) is 0 Å². The Labute approximate surface area is 128 Å². The third kappa shape index (κ3) is 3.11.